The molecule has 1 aliphatic rings. The summed E-state index contributed by atoms with van der Waals surface area (Å²) < 4.78 is 33.1. The van der Waals surface area contributed by atoms with Gasteiger partial charge in [0.15, 0.2) is 0 Å². The van der Waals surface area contributed by atoms with E-state index < -0.39 is 10.0 Å². The summed E-state index contributed by atoms with van der Waals surface area (Å²) in [5, 5.41) is 2.85. The molecule has 152 valence electrons. The Balaban J connectivity index is 2.09. The minimum atomic E-state index is -3.59. The van der Waals surface area contributed by atoms with Gasteiger partial charge in [0.25, 0.3) is 5.91 Å². The number of benzene rings is 1. The number of piperidine rings is 1. The number of rotatable bonds is 8. The second-order valence-corrected chi connectivity index (χ2v) is 9.36. The predicted molar refractivity (Wildman–Crippen MR) is 106 cm³/mol. The van der Waals surface area contributed by atoms with Crippen LogP contribution in [0.1, 0.15) is 62.4 Å². The third-order valence-electron chi connectivity index (χ3n) is 4.86. The van der Waals surface area contributed by atoms with Crippen LogP contribution in [-0.4, -0.2) is 50.5 Å². The van der Waals surface area contributed by atoms with Gasteiger partial charge in [-0.05, 0) is 64.7 Å². The SMILES string of the molecule is Cc1ccc(S(=O)(=O)N2CCCCC2C)cc1C(=O)NCCCOC(C)C. The zero-order valence-electron chi connectivity index (χ0n) is 16.8. The minimum absolute atomic E-state index is 0.0108. The van der Waals surface area contributed by atoms with Crippen LogP contribution in [0.4, 0.5) is 0 Å². The van der Waals surface area contributed by atoms with Gasteiger partial charge in [-0.15, -0.1) is 0 Å². The lowest BCUT2D eigenvalue weighted by Crippen LogP contribution is -2.42. The molecule has 1 heterocycles. The molecule has 1 saturated heterocycles. The van der Waals surface area contributed by atoms with Crippen molar-refractivity contribution in [3.05, 3.63) is 29.3 Å². The van der Waals surface area contributed by atoms with Gasteiger partial charge < -0.3 is 10.1 Å². The maximum atomic E-state index is 13.0. The van der Waals surface area contributed by atoms with Gasteiger partial charge in [0.1, 0.15) is 0 Å². The number of hydrogen-bond donors (Lipinski definition) is 1. The van der Waals surface area contributed by atoms with Crippen LogP contribution in [-0.2, 0) is 14.8 Å². The van der Waals surface area contributed by atoms with Crippen LogP contribution in [0.3, 0.4) is 0 Å². The summed E-state index contributed by atoms with van der Waals surface area (Å²) in [6, 6.07) is 4.80. The van der Waals surface area contributed by atoms with Gasteiger partial charge in [0.05, 0.1) is 11.0 Å². The molecule has 2 rings (SSSR count). The fraction of sp³-hybridized carbons (Fsp3) is 0.650. The molecule has 0 aliphatic carbocycles. The molecule has 1 fully saturated rings. The van der Waals surface area contributed by atoms with E-state index >= 15 is 0 Å². The number of carbonyl (C=O) groups is 1. The highest BCUT2D eigenvalue weighted by Gasteiger charge is 2.31. The molecule has 0 spiro atoms. The lowest BCUT2D eigenvalue weighted by molar-refractivity contribution is 0.0757. The van der Waals surface area contributed by atoms with E-state index in [2.05, 4.69) is 5.32 Å². The molecule has 27 heavy (non-hydrogen) atoms. The van der Waals surface area contributed by atoms with Crippen molar-refractivity contribution in [3.63, 3.8) is 0 Å². The summed E-state index contributed by atoms with van der Waals surface area (Å²) in [7, 11) is -3.59. The van der Waals surface area contributed by atoms with Gasteiger partial charge in [-0.1, -0.05) is 12.5 Å². The first-order valence-electron chi connectivity index (χ1n) is 9.75. The van der Waals surface area contributed by atoms with E-state index in [4.69, 9.17) is 4.74 Å². The largest absolute Gasteiger partial charge is 0.379 e. The Kier molecular flexibility index (Phi) is 7.82. The molecule has 6 nitrogen and oxygen atoms in total. The van der Waals surface area contributed by atoms with Gasteiger partial charge in [0, 0.05) is 31.3 Å². The zero-order valence-corrected chi connectivity index (χ0v) is 17.6. The van der Waals surface area contributed by atoms with E-state index in [0.29, 0.717) is 31.7 Å². The van der Waals surface area contributed by atoms with Crippen molar-refractivity contribution in [2.45, 2.75) is 70.4 Å². The first kappa shape index (κ1) is 21.9. The van der Waals surface area contributed by atoms with E-state index in [9.17, 15) is 13.2 Å². The Morgan fingerprint density at radius 1 is 1.33 bits per heavy atom. The first-order chi connectivity index (χ1) is 12.7. The second kappa shape index (κ2) is 9.66. The summed E-state index contributed by atoms with van der Waals surface area (Å²) in [6.07, 6.45) is 3.68. The van der Waals surface area contributed by atoms with Crippen LogP contribution in [0, 0.1) is 6.92 Å². The Hall–Kier alpha value is -1.44. The van der Waals surface area contributed by atoms with E-state index in [-0.39, 0.29) is 22.9 Å². The fourth-order valence-electron chi connectivity index (χ4n) is 3.26. The van der Waals surface area contributed by atoms with Crippen LogP contribution in [0.15, 0.2) is 23.1 Å². The third-order valence-corrected chi connectivity index (χ3v) is 6.87. The monoisotopic (exact) mass is 396 g/mol. The number of hydrogen-bond acceptors (Lipinski definition) is 4. The Morgan fingerprint density at radius 3 is 2.74 bits per heavy atom. The molecule has 0 radical (unpaired) electrons. The lowest BCUT2D eigenvalue weighted by Gasteiger charge is -2.32. The van der Waals surface area contributed by atoms with Crippen molar-refractivity contribution in [1.29, 1.82) is 0 Å². The van der Waals surface area contributed by atoms with Crippen LogP contribution >= 0.6 is 0 Å². The Labute approximate surface area is 163 Å². The van der Waals surface area contributed by atoms with E-state index in [1.807, 2.05) is 27.7 Å². The van der Waals surface area contributed by atoms with Crippen LogP contribution < -0.4 is 5.32 Å². The number of nitrogens with one attached hydrogen (secondary N) is 1. The number of amides is 1. The summed E-state index contributed by atoms with van der Waals surface area (Å²) >= 11 is 0. The van der Waals surface area contributed by atoms with E-state index in [1.54, 1.807) is 16.4 Å². The average Bonchev–Trinajstić information content (AvgIpc) is 2.61. The molecule has 0 aromatic heterocycles. The van der Waals surface area contributed by atoms with Crippen LogP contribution in [0.25, 0.3) is 0 Å². The van der Waals surface area contributed by atoms with Crippen molar-refractivity contribution in [2.75, 3.05) is 19.7 Å². The quantitative estimate of drug-likeness (QED) is 0.685. The number of aryl methyl sites for hydroxylation is 1. The fourth-order valence-corrected chi connectivity index (χ4v) is 4.99. The molecular formula is C20H32N2O4S. The zero-order chi connectivity index (χ0) is 20.0. The molecule has 1 aromatic rings. The lowest BCUT2D eigenvalue weighted by atomic mass is 10.1. The van der Waals surface area contributed by atoms with E-state index in [1.165, 1.54) is 6.07 Å². The average molecular weight is 397 g/mol. The summed E-state index contributed by atoms with van der Waals surface area (Å²) in [5.74, 6) is -0.249. The minimum Gasteiger partial charge on any atom is -0.379 e. The Bertz CT molecular complexity index is 746. The highest BCUT2D eigenvalue weighted by Crippen LogP contribution is 2.26. The molecule has 7 heteroatoms. The van der Waals surface area contributed by atoms with Crippen molar-refractivity contribution >= 4 is 15.9 Å². The Morgan fingerprint density at radius 2 is 2.07 bits per heavy atom. The maximum absolute atomic E-state index is 13.0. The van der Waals surface area contributed by atoms with Gasteiger partial charge in [-0.25, -0.2) is 8.42 Å². The standard InChI is InChI=1S/C20H32N2O4S/c1-15(2)26-13-7-11-21-20(23)19-14-18(10-9-16(19)3)27(24,25)22-12-6-5-8-17(22)4/h9-10,14-15,17H,5-8,11-13H2,1-4H3,(H,21,23). The van der Waals surface area contributed by atoms with Crippen molar-refractivity contribution in [2.24, 2.45) is 0 Å². The van der Waals surface area contributed by atoms with Crippen LogP contribution in [0.5, 0.6) is 0 Å². The normalized spacial score (nSPS) is 18.6. The van der Waals surface area contributed by atoms with E-state index in [0.717, 1.165) is 24.8 Å². The molecule has 1 atom stereocenters. The first-order valence-corrected chi connectivity index (χ1v) is 11.2. The number of ether oxygens (including phenoxy) is 1. The molecule has 1 aromatic carbocycles. The van der Waals surface area contributed by atoms with Crippen molar-refractivity contribution in [1.82, 2.24) is 9.62 Å². The smallest absolute Gasteiger partial charge is 0.251 e. The molecule has 1 aliphatic heterocycles. The van der Waals surface area contributed by atoms with Crippen LogP contribution in [0.2, 0.25) is 0 Å². The topological polar surface area (TPSA) is 75.7 Å². The van der Waals surface area contributed by atoms with Gasteiger partial charge in [-0.3, -0.25) is 4.79 Å². The predicted octanol–water partition coefficient (Wildman–Crippen LogP) is 3.10. The van der Waals surface area contributed by atoms with Crippen molar-refractivity contribution in [3.8, 4) is 0 Å². The number of carbonyl (C=O) groups excluding carboxylic acids is 1. The summed E-state index contributed by atoms with van der Waals surface area (Å²) in [6.45, 7) is 9.31. The third kappa shape index (κ3) is 5.77. The highest BCUT2D eigenvalue weighted by atomic mass is 32.2. The maximum Gasteiger partial charge on any atom is 0.251 e. The van der Waals surface area contributed by atoms with Crippen molar-refractivity contribution < 1.29 is 17.9 Å². The molecule has 0 bridgehead atoms. The number of nitrogens with zero attached hydrogens (tertiary/aromatic N) is 1. The number of sulfonamides is 1. The summed E-state index contributed by atoms with van der Waals surface area (Å²) in [5.41, 5.74) is 1.17. The van der Waals surface area contributed by atoms with Gasteiger partial charge in [-0.2, -0.15) is 4.31 Å². The summed E-state index contributed by atoms with van der Waals surface area (Å²) in [4.78, 5) is 12.7. The highest BCUT2D eigenvalue weighted by molar-refractivity contribution is 7.89. The second-order valence-electron chi connectivity index (χ2n) is 7.47. The van der Waals surface area contributed by atoms with Gasteiger partial charge in [0.2, 0.25) is 10.0 Å². The molecule has 0 saturated carbocycles. The molecule has 1 unspecified atom stereocenters. The molecule has 1 N–H and O–H groups in total. The van der Waals surface area contributed by atoms with Gasteiger partial charge >= 0.3 is 0 Å². The molecular weight excluding hydrogens is 364 g/mol. The molecule has 1 amide bonds.